The standard InChI is InChI=1S/C20H20N2O3/c1-13(24)22-17-11-21(20(25)14-7-3-2-4-8-14)16-10-6-5-9-15(16)19(17)18(22)12-23/h2-10,17-19,23H,11-12H2,1H3/t17-,18+,19+/m1/s1. The van der Waals surface area contributed by atoms with Gasteiger partial charge < -0.3 is 14.9 Å². The molecule has 0 unspecified atom stereocenters. The minimum atomic E-state index is -0.211. The molecule has 25 heavy (non-hydrogen) atoms. The molecule has 0 saturated carbocycles. The molecule has 2 aromatic rings. The van der Waals surface area contributed by atoms with Crippen LogP contribution in [0.3, 0.4) is 0 Å². The maximum atomic E-state index is 13.0. The highest BCUT2D eigenvalue weighted by atomic mass is 16.3. The number of hydrogen-bond acceptors (Lipinski definition) is 3. The molecule has 1 fully saturated rings. The Morgan fingerprint density at radius 1 is 1.08 bits per heavy atom. The predicted molar refractivity (Wildman–Crippen MR) is 94.5 cm³/mol. The quantitative estimate of drug-likeness (QED) is 0.913. The average Bonchev–Trinajstić information content (AvgIpc) is 2.62. The number of amides is 2. The van der Waals surface area contributed by atoms with E-state index in [9.17, 15) is 14.7 Å². The molecular formula is C20H20N2O3. The Morgan fingerprint density at radius 2 is 1.76 bits per heavy atom. The number of nitrogens with zero attached hydrogens (tertiary/aromatic N) is 2. The molecule has 1 saturated heterocycles. The van der Waals surface area contributed by atoms with Crippen LogP contribution in [0.1, 0.15) is 28.8 Å². The molecule has 0 spiro atoms. The molecule has 3 atom stereocenters. The maximum absolute atomic E-state index is 13.0. The number of carbonyl (C=O) groups excluding carboxylic acids is 2. The van der Waals surface area contributed by atoms with Crippen LogP contribution in [0.5, 0.6) is 0 Å². The van der Waals surface area contributed by atoms with Crippen molar-refractivity contribution in [2.75, 3.05) is 18.1 Å². The zero-order valence-corrected chi connectivity index (χ0v) is 14.0. The molecule has 2 heterocycles. The normalized spacial score (nSPS) is 24.2. The van der Waals surface area contributed by atoms with Gasteiger partial charge in [-0.1, -0.05) is 36.4 Å². The fraction of sp³-hybridized carbons (Fsp3) is 0.300. The van der Waals surface area contributed by atoms with Gasteiger partial charge in [-0.3, -0.25) is 9.59 Å². The van der Waals surface area contributed by atoms with Crippen LogP contribution in [-0.2, 0) is 4.79 Å². The highest BCUT2D eigenvalue weighted by Crippen LogP contribution is 2.48. The second-order valence-electron chi connectivity index (χ2n) is 6.61. The third-order valence-electron chi connectivity index (χ3n) is 5.32. The number of fused-ring (bicyclic) bond motifs is 3. The van der Waals surface area contributed by atoms with Gasteiger partial charge in [0.2, 0.25) is 5.91 Å². The summed E-state index contributed by atoms with van der Waals surface area (Å²) in [6.07, 6.45) is 0. The molecule has 2 aromatic carbocycles. The molecule has 1 N–H and O–H groups in total. The number of rotatable bonds is 2. The number of para-hydroxylation sites is 1. The lowest BCUT2D eigenvalue weighted by atomic mass is 9.72. The molecule has 0 aliphatic carbocycles. The average molecular weight is 336 g/mol. The molecular weight excluding hydrogens is 316 g/mol. The first-order valence-corrected chi connectivity index (χ1v) is 8.49. The number of aliphatic hydroxyl groups is 1. The van der Waals surface area contributed by atoms with E-state index in [4.69, 9.17) is 0 Å². The molecule has 128 valence electrons. The van der Waals surface area contributed by atoms with E-state index in [-0.39, 0.29) is 36.4 Å². The third kappa shape index (κ3) is 2.35. The summed E-state index contributed by atoms with van der Waals surface area (Å²) in [5, 5.41) is 9.75. The van der Waals surface area contributed by atoms with Crippen molar-refractivity contribution in [3.05, 3.63) is 65.7 Å². The van der Waals surface area contributed by atoms with Crippen molar-refractivity contribution < 1.29 is 14.7 Å². The van der Waals surface area contributed by atoms with E-state index in [0.29, 0.717) is 12.1 Å². The Kier molecular flexibility index (Phi) is 3.81. The Balaban J connectivity index is 1.76. The van der Waals surface area contributed by atoms with Gasteiger partial charge in [-0.05, 0) is 23.8 Å². The topological polar surface area (TPSA) is 60.9 Å². The Bertz CT molecular complexity index is 821. The Morgan fingerprint density at radius 3 is 2.44 bits per heavy atom. The van der Waals surface area contributed by atoms with E-state index >= 15 is 0 Å². The number of aliphatic hydroxyl groups excluding tert-OH is 1. The van der Waals surface area contributed by atoms with E-state index in [1.54, 1.807) is 21.9 Å². The highest BCUT2D eigenvalue weighted by Gasteiger charge is 2.54. The van der Waals surface area contributed by atoms with Crippen molar-refractivity contribution in [3.63, 3.8) is 0 Å². The van der Waals surface area contributed by atoms with Crippen molar-refractivity contribution >= 4 is 17.5 Å². The lowest BCUT2D eigenvalue weighted by Gasteiger charge is -2.58. The van der Waals surface area contributed by atoms with Gasteiger partial charge in [-0.15, -0.1) is 0 Å². The molecule has 4 rings (SSSR count). The van der Waals surface area contributed by atoms with Gasteiger partial charge in [-0.2, -0.15) is 0 Å². The monoisotopic (exact) mass is 336 g/mol. The van der Waals surface area contributed by atoms with Crippen LogP contribution in [0.25, 0.3) is 0 Å². The first-order chi connectivity index (χ1) is 12.1. The van der Waals surface area contributed by atoms with E-state index < -0.39 is 0 Å². The van der Waals surface area contributed by atoms with Gasteiger partial charge in [0.15, 0.2) is 0 Å². The summed E-state index contributed by atoms with van der Waals surface area (Å²) >= 11 is 0. The molecule has 5 heteroatoms. The van der Waals surface area contributed by atoms with Crippen LogP contribution >= 0.6 is 0 Å². The van der Waals surface area contributed by atoms with Gasteiger partial charge in [0.05, 0.1) is 18.7 Å². The van der Waals surface area contributed by atoms with Crippen LogP contribution in [0.4, 0.5) is 5.69 Å². The summed E-state index contributed by atoms with van der Waals surface area (Å²) in [5.74, 6) is -0.0563. The molecule has 2 amide bonds. The smallest absolute Gasteiger partial charge is 0.258 e. The number of carbonyl (C=O) groups is 2. The lowest BCUT2D eigenvalue weighted by molar-refractivity contribution is -0.147. The third-order valence-corrected chi connectivity index (χ3v) is 5.32. The molecule has 0 bridgehead atoms. The molecule has 5 nitrogen and oxygen atoms in total. The predicted octanol–water partition coefficient (Wildman–Crippen LogP) is 2.02. The first kappa shape index (κ1) is 15.8. The summed E-state index contributed by atoms with van der Waals surface area (Å²) in [7, 11) is 0. The second kappa shape index (κ2) is 6.01. The van der Waals surface area contributed by atoms with Gasteiger partial charge in [0.1, 0.15) is 0 Å². The fourth-order valence-electron chi connectivity index (χ4n) is 4.26. The second-order valence-corrected chi connectivity index (χ2v) is 6.61. The van der Waals surface area contributed by atoms with Crippen LogP contribution in [0.15, 0.2) is 54.6 Å². The zero-order valence-electron chi connectivity index (χ0n) is 14.0. The van der Waals surface area contributed by atoms with Crippen LogP contribution in [0.2, 0.25) is 0 Å². The van der Waals surface area contributed by atoms with Crippen molar-refractivity contribution in [2.45, 2.75) is 24.9 Å². The minimum Gasteiger partial charge on any atom is -0.394 e. The Hall–Kier alpha value is -2.66. The molecule has 2 aliphatic heterocycles. The van der Waals surface area contributed by atoms with E-state index in [1.165, 1.54) is 6.92 Å². The number of benzene rings is 2. The van der Waals surface area contributed by atoms with Gasteiger partial charge >= 0.3 is 0 Å². The van der Waals surface area contributed by atoms with Crippen LogP contribution < -0.4 is 4.90 Å². The molecule has 2 aliphatic rings. The van der Waals surface area contributed by atoms with Gasteiger partial charge in [0, 0.05) is 30.6 Å². The summed E-state index contributed by atoms with van der Waals surface area (Å²) in [6.45, 7) is 1.90. The fourth-order valence-corrected chi connectivity index (χ4v) is 4.26. The van der Waals surface area contributed by atoms with Gasteiger partial charge in [0.25, 0.3) is 5.91 Å². The summed E-state index contributed by atoms with van der Waals surface area (Å²) in [5.41, 5.74) is 2.53. The highest BCUT2D eigenvalue weighted by molar-refractivity contribution is 6.07. The largest absolute Gasteiger partial charge is 0.394 e. The van der Waals surface area contributed by atoms with E-state index in [0.717, 1.165) is 11.3 Å². The number of likely N-dealkylation sites (tertiary alicyclic amines) is 1. The van der Waals surface area contributed by atoms with E-state index in [2.05, 4.69) is 0 Å². The van der Waals surface area contributed by atoms with Crippen LogP contribution in [-0.4, -0.2) is 47.1 Å². The first-order valence-electron chi connectivity index (χ1n) is 8.49. The zero-order chi connectivity index (χ0) is 17.6. The minimum absolute atomic E-state index is 0.0632. The lowest BCUT2D eigenvalue weighted by Crippen LogP contribution is -2.70. The van der Waals surface area contributed by atoms with E-state index in [1.807, 2.05) is 42.5 Å². The summed E-state index contributed by atoms with van der Waals surface area (Å²) in [4.78, 5) is 28.5. The number of hydrogen-bond donors (Lipinski definition) is 1. The van der Waals surface area contributed by atoms with Crippen molar-refractivity contribution in [2.24, 2.45) is 0 Å². The van der Waals surface area contributed by atoms with Gasteiger partial charge in [-0.25, -0.2) is 0 Å². The molecule has 0 radical (unpaired) electrons. The summed E-state index contributed by atoms with van der Waals surface area (Å²) in [6, 6.07) is 16.7. The SMILES string of the molecule is CC(=O)N1[C@@H]2CN(C(=O)c3ccccc3)c3ccccc3[C@@H]2[C@@H]1CO. The molecule has 0 aromatic heterocycles. The summed E-state index contributed by atoms with van der Waals surface area (Å²) < 4.78 is 0. The number of anilines is 1. The van der Waals surface area contributed by atoms with Crippen molar-refractivity contribution in [1.82, 2.24) is 4.90 Å². The maximum Gasteiger partial charge on any atom is 0.258 e. The van der Waals surface area contributed by atoms with Crippen molar-refractivity contribution in [3.8, 4) is 0 Å². The van der Waals surface area contributed by atoms with Crippen LogP contribution in [0, 0.1) is 0 Å². The van der Waals surface area contributed by atoms with Crippen molar-refractivity contribution in [1.29, 1.82) is 0 Å². The Labute approximate surface area is 146 Å².